The number of nitrogens with one attached hydrogen (secondary N) is 2. The molecule has 1 aromatic rings. The molecule has 0 bridgehead atoms. The van der Waals surface area contributed by atoms with Gasteiger partial charge in [0.05, 0.1) is 4.90 Å². The molecule has 1 saturated heterocycles. The monoisotopic (exact) mass is 354 g/mol. The van der Waals surface area contributed by atoms with Crippen LogP contribution in [0, 0.1) is 6.92 Å². The van der Waals surface area contributed by atoms with Crippen LogP contribution < -0.4 is 10.0 Å². The zero-order valence-electron chi connectivity index (χ0n) is 9.94. The molecule has 1 fully saturated rings. The Bertz CT molecular complexity index is 516. The average molecular weight is 356 g/mol. The minimum Gasteiger partial charge on any atom is -0.315 e. The van der Waals surface area contributed by atoms with Crippen molar-refractivity contribution in [1.82, 2.24) is 10.0 Å². The third-order valence-corrected chi connectivity index (χ3v) is 5.71. The number of halogens is 2. The molecule has 7 heteroatoms. The third-order valence-electron chi connectivity index (χ3n) is 2.83. The molecule has 0 amide bonds. The van der Waals surface area contributed by atoms with Crippen LogP contribution in [0.2, 0.25) is 0 Å². The van der Waals surface area contributed by atoms with Crippen LogP contribution in [-0.4, -0.2) is 27.5 Å². The van der Waals surface area contributed by atoms with Gasteiger partial charge in [0, 0.05) is 17.1 Å². The minimum atomic E-state index is -3.43. The Morgan fingerprint density at radius 1 is 1.44 bits per heavy atom. The molecule has 1 heterocycles. The van der Waals surface area contributed by atoms with Crippen molar-refractivity contribution in [2.75, 3.05) is 13.1 Å². The fourth-order valence-electron chi connectivity index (χ4n) is 1.87. The van der Waals surface area contributed by atoms with Crippen molar-refractivity contribution in [2.45, 2.75) is 24.3 Å². The van der Waals surface area contributed by atoms with Crippen LogP contribution in [0.25, 0.3) is 0 Å². The number of hydrogen-bond donors (Lipinski definition) is 2. The van der Waals surface area contributed by atoms with Crippen molar-refractivity contribution in [2.24, 2.45) is 0 Å². The molecule has 1 atom stereocenters. The van der Waals surface area contributed by atoms with Crippen molar-refractivity contribution in [1.29, 1.82) is 0 Å². The molecule has 18 heavy (non-hydrogen) atoms. The average Bonchev–Trinajstić information content (AvgIpc) is 2.73. The summed E-state index contributed by atoms with van der Waals surface area (Å²) in [6.07, 6.45) is 0.836. The molecule has 1 aromatic carbocycles. The van der Waals surface area contributed by atoms with Gasteiger partial charge in [0.1, 0.15) is 0 Å². The fourth-order valence-corrected chi connectivity index (χ4v) is 4.19. The van der Waals surface area contributed by atoms with Gasteiger partial charge in [-0.1, -0.05) is 12.1 Å². The van der Waals surface area contributed by atoms with E-state index in [9.17, 15) is 8.42 Å². The third kappa shape index (κ3) is 3.45. The van der Waals surface area contributed by atoms with Crippen LogP contribution in [-0.2, 0) is 10.0 Å². The molecule has 1 unspecified atom stereocenters. The SMILES string of the molecule is Cc1cccc(S(=O)(=O)NC2CCNC2)c1Br.Cl. The van der Waals surface area contributed by atoms with Gasteiger partial charge in [0.2, 0.25) is 10.0 Å². The number of benzene rings is 1. The summed E-state index contributed by atoms with van der Waals surface area (Å²) in [7, 11) is -3.43. The van der Waals surface area contributed by atoms with Crippen molar-refractivity contribution in [3.63, 3.8) is 0 Å². The summed E-state index contributed by atoms with van der Waals surface area (Å²) < 4.78 is 27.7. The molecule has 2 N–H and O–H groups in total. The summed E-state index contributed by atoms with van der Waals surface area (Å²) in [5.74, 6) is 0. The summed E-state index contributed by atoms with van der Waals surface area (Å²) in [4.78, 5) is 0.310. The Kier molecular flexibility index (Phi) is 5.61. The number of aryl methyl sites for hydroxylation is 1. The summed E-state index contributed by atoms with van der Waals surface area (Å²) in [6.45, 7) is 3.44. The second kappa shape index (κ2) is 6.34. The zero-order valence-corrected chi connectivity index (χ0v) is 13.2. The number of sulfonamides is 1. The highest BCUT2D eigenvalue weighted by atomic mass is 79.9. The van der Waals surface area contributed by atoms with Gasteiger partial charge < -0.3 is 5.32 Å². The lowest BCUT2D eigenvalue weighted by Crippen LogP contribution is -2.36. The summed E-state index contributed by atoms with van der Waals surface area (Å²) >= 11 is 3.33. The van der Waals surface area contributed by atoms with Gasteiger partial charge in [-0.05, 0) is 47.4 Å². The maximum Gasteiger partial charge on any atom is 0.241 e. The molecular formula is C11H16BrClN2O2S. The number of hydrogen-bond acceptors (Lipinski definition) is 3. The smallest absolute Gasteiger partial charge is 0.241 e. The maximum absolute atomic E-state index is 12.2. The second-order valence-electron chi connectivity index (χ2n) is 4.20. The maximum atomic E-state index is 12.2. The molecule has 2 rings (SSSR count). The first-order chi connectivity index (χ1) is 8.00. The highest BCUT2D eigenvalue weighted by Crippen LogP contribution is 2.25. The van der Waals surface area contributed by atoms with Crippen molar-refractivity contribution in [3.8, 4) is 0 Å². The Morgan fingerprint density at radius 3 is 2.78 bits per heavy atom. The molecule has 0 aliphatic carbocycles. The Hall–Kier alpha value is -0.140. The lowest BCUT2D eigenvalue weighted by atomic mass is 10.2. The van der Waals surface area contributed by atoms with E-state index < -0.39 is 10.0 Å². The molecule has 0 spiro atoms. The molecule has 102 valence electrons. The molecule has 0 radical (unpaired) electrons. The number of rotatable bonds is 3. The van der Waals surface area contributed by atoms with Crippen LogP contribution in [0.5, 0.6) is 0 Å². The van der Waals surface area contributed by atoms with E-state index in [4.69, 9.17) is 0 Å². The molecule has 0 saturated carbocycles. The molecule has 4 nitrogen and oxygen atoms in total. The van der Waals surface area contributed by atoms with Gasteiger partial charge in [-0.3, -0.25) is 0 Å². The van der Waals surface area contributed by atoms with E-state index in [1.165, 1.54) is 0 Å². The predicted octanol–water partition coefficient (Wildman–Crippen LogP) is 1.82. The van der Waals surface area contributed by atoms with Crippen LogP contribution in [0.4, 0.5) is 0 Å². The fraction of sp³-hybridized carbons (Fsp3) is 0.455. The molecule has 1 aliphatic rings. The van der Waals surface area contributed by atoms with Crippen LogP contribution in [0.15, 0.2) is 27.6 Å². The largest absolute Gasteiger partial charge is 0.315 e. The predicted molar refractivity (Wildman–Crippen MR) is 77.7 cm³/mol. The van der Waals surface area contributed by atoms with Crippen LogP contribution in [0.3, 0.4) is 0 Å². The van der Waals surface area contributed by atoms with E-state index in [0.717, 1.165) is 18.5 Å². The summed E-state index contributed by atoms with van der Waals surface area (Å²) in [5.41, 5.74) is 0.914. The van der Waals surface area contributed by atoms with E-state index >= 15 is 0 Å². The molecular weight excluding hydrogens is 340 g/mol. The van der Waals surface area contributed by atoms with Gasteiger partial charge >= 0.3 is 0 Å². The summed E-state index contributed by atoms with van der Waals surface area (Å²) in [5, 5.41) is 3.13. The molecule has 1 aliphatic heterocycles. The summed E-state index contributed by atoms with van der Waals surface area (Å²) in [6, 6.07) is 5.23. The van der Waals surface area contributed by atoms with Gasteiger partial charge in [0.25, 0.3) is 0 Å². The minimum absolute atomic E-state index is 0. The lowest BCUT2D eigenvalue weighted by molar-refractivity contribution is 0.559. The Labute approximate surface area is 122 Å². The Morgan fingerprint density at radius 2 is 2.17 bits per heavy atom. The van der Waals surface area contributed by atoms with E-state index in [0.29, 0.717) is 15.9 Å². The lowest BCUT2D eigenvalue weighted by Gasteiger charge is -2.13. The van der Waals surface area contributed by atoms with Crippen molar-refractivity contribution >= 4 is 38.4 Å². The van der Waals surface area contributed by atoms with E-state index in [1.54, 1.807) is 12.1 Å². The van der Waals surface area contributed by atoms with Crippen LogP contribution in [0.1, 0.15) is 12.0 Å². The van der Waals surface area contributed by atoms with E-state index in [-0.39, 0.29) is 18.4 Å². The standard InChI is InChI=1S/C11H15BrN2O2S.ClH/c1-8-3-2-4-10(11(8)12)17(15,16)14-9-5-6-13-7-9;/h2-4,9,13-14H,5-7H2,1H3;1H. The first-order valence-corrected chi connectivity index (χ1v) is 7.76. The van der Waals surface area contributed by atoms with Crippen molar-refractivity contribution < 1.29 is 8.42 Å². The van der Waals surface area contributed by atoms with Gasteiger partial charge in [-0.25, -0.2) is 13.1 Å². The highest BCUT2D eigenvalue weighted by molar-refractivity contribution is 9.10. The quantitative estimate of drug-likeness (QED) is 0.869. The van der Waals surface area contributed by atoms with Gasteiger partial charge in [0.15, 0.2) is 0 Å². The van der Waals surface area contributed by atoms with Gasteiger partial charge in [-0.2, -0.15) is 0 Å². The zero-order chi connectivity index (χ0) is 12.5. The Balaban J connectivity index is 0.00000162. The second-order valence-corrected chi connectivity index (χ2v) is 6.67. The first kappa shape index (κ1) is 15.9. The van der Waals surface area contributed by atoms with Crippen LogP contribution >= 0.6 is 28.3 Å². The normalized spacial score (nSPS) is 19.6. The highest BCUT2D eigenvalue weighted by Gasteiger charge is 2.24. The first-order valence-electron chi connectivity index (χ1n) is 5.49. The van der Waals surface area contributed by atoms with E-state index in [1.807, 2.05) is 13.0 Å². The van der Waals surface area contributed by atoms with E-state index in [2.05, 4.69) is 26.0 Å². The molecule has 0 aromatic heterocycles. The van der Waals surface area contributed by atoms with Gasteiger partial charge in [-0.15, -0.1) is 12.4 Å². The topological polar surface area (TPSA) is 58.2 Å². The van der Waals surface area contributed by atoms with Crippen molar-refractivity contribution in [3.05, 3.63) is 28.2 Å².